The summed E-state index contributed by atoms with van der Waals surface area (Å²) in [7, 11) is 0. The minimum Gasteiger partial charge on any atom is -0.478 e. The Morgan fingerprint density at radius 2 is 2.05 bits per heavy atom. The fourth-order valence-electron chi connectivity index (χ4n) is 1.80. The van der Waals surface area contributed by atoms with Crippen LogP contribution in [0.3, 0.4) is 0 Å². The molecule has 0 amide bonds. The van der Waals surface area contributed by atoms with Crippen molar-refractivity contribution in [2.45, 2.75) is 12.9 Å². The third-order valence-corrected chi connectivity index (χ3v) is 2.76. The van der Waals surface area contributed by atoms with E-state index in [2.05, 4.69) is 4.98 Å². The molecular formula is C14H10F4N2O2. The number of aliphatic carboxylic acids is 1. The molecule has 0 aliphatic carbocycles. The lowest BCUT2D eigenvalue weighted by molar-refractivity contribution is -0.137. The summed E-state index contributed by atoms with van der Waals surface area (Å²) in [6, 6.07) is 2.88. The normalized spacial score (nSPS) is 12.0. The molecule has 8 heteroatoms. The van der Waals surface area contributed by atoms with Crippen LogP contribution in [0.15, 0.2) is 36.8 Å². The van der Waals surface area contributed by atoms with Crippen molar-refractivity contribution in [3.8, 4) is 11.3 Å². The molecule has 4 nitrogen and oxygen atoms in total. The Balaban J connectivity index is 2.42. The largest absolute Gasteiger partial charge is 0.478 e. The quantitative estimate of drug-likeness (QED) is 0.693. The van der Waals surface area contributed by atoms with Crippen molar-refractivity contribution in [3.63, 3.8) is 0 Å². The van der Waals surface area contributed by atoms with E-state index in [9.17, 15) is 22.4 Å². The Hall–Kier alpha value is -2.64. The van der Waals surface area contributed by atoms with Gasteiger partial charge in [-0.15, -0.1) is 0 Å². The molecule has 0 aliphatic heterocycles. The van der Waals surface area contributed by atoms with E-state index in [-0.39, 0.29) is 16.8 Å². The molecule has 0 spiro atoms. The summed E-state index contributed by atoms with van der Waals surface area (Å²) in [6.45, 7) is -1.03. The predicted octanol–water partition coefficient (Wildman–Crippen LogP) is 3.59. The maximum absolute atomic E-state index is 12.8. The molecule has 22 heavy (non-hydrogen) atoms. The van der Waals surface area contributed by atoms with Crippen molar-refractivity contribution in [2.75, 3.05) is 0 Å². The van der Waals surface area contributed by atoms with Crippen LogP contribution in [0.2, 0.25) is 0 Å². The number of carbonyl (C=O) groups is 1. The summed E-state index contributed by atoms with van der Waals surface area (Å²) in [6.07, 6.45) is 0.0277. The number of rotatable bonds is 4. The molecule has 2 aromatic rings. The van der Waals surface area contributed by atoms with Crippen molar-refractivity contribution in [1.29, 1.82) is 0 Å². The second kappa shape index (κ2) is 6.00. The van der Waals surface area contributed by atoms with Crippen LogP contribution in [0.5, 0.6) is 0 Å². The van der Waals surface area contributed by atoms with E-state index in [1.807, 2.05) is 0 Å². The van der Waals surface area contributed by atoms with Gasteiger partial charge >= 0.3 is 12.1 Å². The molecule has 0 fully saturated rings. The van der Waals surface area contributed by atoms with E-state index in [0.29, 0.717) is 0 Å². The number of benzene rings is 1. The fraction of sp³-hybridized carbons (Fsp3) is 0.143. The van der Waals surface area contributed by atoms with Crippen LogP contribution in [0.25, 0.3) is 17.5 Å². The SMILES string of the molecule is O=C(O)/C=C\n1cnc(-c2cc(CF)cc(C(F)(F)F)c2)c1. The number of nitrogens with zero attached hydrogens (tertiary/aromatic N) is 2. The number of imidazole rings is 1. The lowest BCUT2D eigenvalue weighted by Crippen LogP contribution is -2.05. The maximum Gasteiger partial charge on any atom is 0.416 e. The van der Waals surface area contributed by atoms with Gasteiger partial charge in [-0.3, -0.25) is 0 Å². The van der Waals surface area contributed by atoms with Crippen molar-refractivity contribution in [3.05, 3.63) is 47.9 Å². The summed E-state index contributed by atoms with van der Waals surface area (Å²) in [5, 5.41) is 8.51. The molecule has 0 saturated heterocycles. The molecule has 1 heterocycles. The smallest absolute Gasteiger partial charge is 0.416 e. The summed E-state index contributed by atoms with van der Waals surface area (Å²) in [4.78, 5) is 14.3. The van der Waals surface area contributed by atoms with Crippen molar-refractivity contribution in [1.82, 2.24) is 9.55 Å². The first-order valence-corrected chi connectivity index (χ1v) is 6.01. The average molecular weight is 314 g/mol. The summed E-state index contributed by atoms with van der Waals surface area (Å²) in [5.41, 5.74) is -0.797. The molecule has 2 rings (SSSR count). The van der Waals surface area contributed by atoms with Gasteiger partial charge in [0.05, 0.1) is 17.6 Å². The van der Waals surface area contributed by atoms with Gasteiger partial charge in [0.2, 0.25) is 0 Å². The standard InChI is InChI=1S/C14H10F4N2O2/c15-6-9-3-10(5-11(4-9)14(16,17)18)12-7-20(8-19-12)2-1-13(21)22/h1-5,7-8H,6H2,(H,21,22)/b2-1-. The number of aromatic nitrogens is 2. The second-order valence-electron chi connectivity index (χ2n) is 4.41. The minimum absolute atomic E-state index is 0.102. The van der Waals surface area contributed by atoms with Gasteiger partial charge in [-0.1, -0.05) is 0 Å². The first-order chi connectivity index (χ1) is 10.3. The van der Waals surface area contributed by atoms with E-state index in [1.54, 1.807) is 0 Å². The van der Waals surface area contributed by atoms with Crippen molar-refractivity contribution in [2.24, 2.45) is 0 Å². The number of carboxylic acids is 1. The summed E-state index contributed by atoms with van der Waals surface area (Å²) < 4.78 is 52.4. The zero-order valence-corrected chi connectivity index (χ0v) is 11.0. The van der Waals surface area contributed by atoms with Crippen LogP contribution in [-0.2, 0) is 17.6 Å². The summed E-state index contributed by atoms with van der Waals surface area (Å²) in [5.74, 6) is -1.17. The predicted molar refractivity (Wildman–Crippen MR) is 70.4 cm³/mol. The third kappa shape index (κ3) is 3.72. The Labute approximate surface area is 122 Å². The highest BCUT2D eigenvalue weighted by molar-refractivity contribution is 5.83. The lowest BCUT2D eigenvalue weighted by atomic mass is 10.0. The Kier molecular flexibility index (Phi) is 4.30. The van der Waals surface area contributed by atoms with Gasteiger partial charge in [0, 0.05) is 24.0 Å². The van der Waals surface area contributed by atoms with Gasteiger partial charge in [0.1, 0.15) is 6.67 Å². The minimum atomic E-state index is -4.59. The van der Waals surface area contributed by atoms with Crippen LogP contribution in [0.4, 0.5) is 17.6 Å². The zero-order valence-electron chi connectivity index (χ0n) is 11.0. The molecule has 1 aromatic carbocycles. The van der Waals surface area contributed by atoms with Crippen molar-refractivity contribution < 1.29 is 27.5 Å². The van der Waals surface area contributed by atoms with Crippen LogP contribution in [0, 0.1) is 0 Å². The molecule has 1 N–H and O–H groups in total. The van der Waals surface area contributed by atoms with E-state index in [4.69, 9.17) is 5.11 Å². The summed E-state index contributed by atoms with van der Waals surface area (Å²) >= 11 is 0. The van der Waals surface area contributed by atoms with E-state index in [0.717, 1.165) is 18.2 Å². The van der Waals surface area contributed by atoms with Crippen LogP contribution in [-0.4, -0.2) is 20.6 Å². The highest BCUT2D eigenvalue weighted by Gasteiger charge is 2.31. The van der Waals surface area contributed by atoms with E-state index in [1.165, 1.54) is 29.4 Å². The van der Waals surface area contributed by atoms with Gasteiger partial charge in [0.15, 0.2) is 0 Å². The number of hydrogen-bond acceptors (Lipinski definition) is 2. The van der Waals surface area contributed by atoms with E-state index < -0.39 is 24.4 Å². The Morgan fingerprint density at radius 3 is 2.64 bits per heavy atom. The fourth-order valence-corrected chi connectivity index (χ4v) is 1.80. The van der Waals surface area contributed by atoms with Gasteiger partial charge in [-0.2, -0.15) is 13.2 Å². The first kappa shape index (κ1) is 15.7. The molecule has 0 radical (unpaired) electrons. The van der Waals surface area contributed by atoms with Gasteiger partial charge < -0.3 is 9.67 Å². The molecule has 0 aliphatic rings. The average Bonchev–Trinajstić information content (AvgIpc) is 2.92. The Morgan fingerprint density at radius 1 is 1.32 bits per heavy atom. The molecule has 0 atom stereocenters. The van der Waals surface area contributed by atoms with Crippen molar-refractivity contribution >= 4 is 12.2 Å². The molecule has 0 unspecified atom stereocenters. The highest BCUT2D eigenvalue weighted by atomic mass is 19.4. The monoisotopic (exact) mass is 314 g/mol. The topological polar surface area (TPSA) is 55.1 Å². The molecule has 1 aromatic heterocycles. The molecule has 116 valence electrons. The van der Waals surface area contributed by atoms with Gasteiger partial charge in [-0.25, -0.2) is 14.2 Å². The maximum atomic E-state index is 12.8. The first-order valence-electron chi connectivity index (χ1n) is 6.01. The van der Waals surface area contributed by atoms with Gasteiger partial charge in [-0.05, 0) is 23.8 Å². The number of halogens is 4. The number of hydrogen-bond donors (Lipinski definition) is 1. The highest BCUT2D eigenvalue weighted by Crippen LogP contribution is 2.33. The molecular weight excluding hydrogens is 304 g/mol. The van der Waals surface area contributed by atoms with Crippen LogP contribution < -0.4 is 0 Å². The van der Waals surface area contributed by atoms with Crippen LogP contribution >= 0.6 is 0 Å². The second-order valence-corrected chi connectivity index (χ2v) is 4.41. The van der Waals surface area contributed by atoms with Crippen LogP contribution in [0.1, 0.15) is 11.1 Å². The lowest BCUT2D eigenvalue weighted by Gasteiger charge is -2.10. The zero-order chi connectivity index (χ0) is 16.3. The Bertz CT molecular complexity index is 720. The van der Waals surface area contributed by atoms with Gasteiger partial charge in [0.25, 0.3) is 0 Å². The molecule has 0 bridgehead atoms. The molecule has 0 saturated carbocycles. The number of alkyl halides is 4. The third-order valence-electron chi connectivity index (χ3n) is 2.76. The van der Waals surface area contributed by atoms with E-state index >= 15 is 0 Å². The number of carboxylic acid groups (broad SMARTS) is 1.